The van der Waals surface area contributed by atoms with E-state index in [9.17, 15) is 19.7 Å². The Balaban J connectivity index is 1.65. The van der Waals surface area contributed by atoms with Crippen LogP contribution in [-0.4, -0.2) is 44.8 Å². The number of ether oxygens (including phenoxy) is 1. The van der Waals surface area contributed by atoms with Crippen LogP contribution in [0.3, 0.4) is 0 Å². The van der Waals surface area contributed by atoms with Crippen molar-refractivity contribution in [1.82, 2.24) is 4.90 Å². The molecule has 0 N–H and O–H groups in total. The monoisotopic (exact) mass is 364 g/mol. The second-order valence-corrected chi connectivity index (χ2v) is 7.82. The van der Waals surface area contributed by atoms with Gasteiger partial charge in [-0.2, -0.15) is 11.8 Å². The first-order valence-corrected chi connectivity index (χ1v) is 9.32. The number of rotatable bonds is 6. The lowest BCUT2D eigenvalue weighted by Crippen LogP contribution is -2.61. The molecule has 0 saturated carbocycles. The van der Waals surface area contributed by atoms with Crippen LogP contribution in [0.5, 0.6) is 0 Å². The molecule has 134 valence electrons. The Morgan fingerprint density at radius 1 is 1.40 bits per heavy atom. The van der Waals surface area contributed by atoms with Gasteiger partial charge >= 0.3 is 5.97 Å². The number of thioether (sulfide) groups is 1. The van der Waals surface area contributed by atoms with Crippen molar-refractivity contribution in [3.63, 3.8) is 0 Å². The van der Waals surface area contributed by atoms with Crippen LogP contribution in [0.2, 0.25) is 0 Å². The molecule has 7 nitrogen and oxygen atoms in total. The molecule has 25 heavy (non-hydrogen) atoms. The fourth-order valence-electron chi connectivity index (χ4n) is 3.52. The van der Waals surface area contributed by atoms with E-state index in [1.54, 1.807) is 28.8 Å². The van der Waals surface area contributed by atoms with Crippen molar-refractivity contribution >= 4 is 29.3 Å². The molecule has 3 unspecified atom stereocenters. The summed E-state index contributed by atoms with van der Waals surface area (Å²) in [5.74, 6) is 0.473. The van der Waals surface area contributed by atoms with E-state index in [0.29, 0.717) is 5.56 Å². The molecule has 0 aromatic heterocycles. The van der Waals surface area contributed by atoms with Crippen LogP contribution in [-0.2, 0) is 20.9 Å². The SMILES string of the molecule is CCSC1CC2[C@@H](C)C(=O)N2C1C(=O)OCc1ccc([N+](=O)[O-])cc1. The van der Waals surface area contributed by atoms with Crippen LogP contribution >= 0.6 is 11.8 Å². The third-order valence-electron chi connectivity index (χ3n) is 4.85. The number of benzene rings is 1. The highest BCUT2D eigenvalue weighted by molar-refractivity contribution is 7.99. The second-order valence-electron chi connectivity index (χ2n) is 6.31. The van der Waals surface area contributed by atoms with Gasteiger partial charge in [-0.1, -0.05) is 13.8 Å². The first kappa shape index (κ1) is 17.7. The minimum atomic E-state index is -0.531. The van der Waals surface area contributed by atoms with Crippen molar-refractivity contribution in [1.29, 1.82) is 0 Å². The molecule has 1 amide bonds. The number of carbonyl (C=O) groups is 2. The molecule has 2 heterocycles. The smallest absolute Gasteiger partial charge is 0.330 e. The molecule has 3 rings (SSSR count). The maximum Gasteiger partial charge on any atom is 0.330 e. The third-order valence-corrected chi connectivity index (χ3v) is 6.07. The van der Waals surface area contributed by atoms with Crippen molar-refractivity contribution in [2.45, 2.75) is 44.2 Å². The Morgan fingerprint density at radius 2 is 2.08 bits per heavy atom. The summed E-state index contributed by atoms with van der Waals surface area (Å²) in [5, 5.41) is 10.7. The normalized spacial score (nSPS) is 27.6. The lowest BCUT2D eigenvalue weighted by Gasteiger charge is -2.43. The molecule has 2 fully saturated rings. The van der Waals surface area contributed by atoms with Crippen LogP contribution in [0.1, 0.15) is 25.8 Å². The number of hydrogen-bond donors (Lipinski definition) is 0. The summed E-state index contributed by atoms with van der Waals surface area (Å²) in [6, 6.07) is 5.50. The standard InChI is InChI=1S/C17H20N2O5S/c1-3-25-14-8-13-10(2)16(20)18(13)15(14)17(21)24-9-11-4-6-12(7-5-11)19(22)23/h4-7,10,13-15H,3,8-9H2,1-2H3/t10-,13?,14?,15?/m1/s1. The van der Waals surface area contributed by atoms with E-state index in [1.165, 1.54) is 12.1 Å². The van der Waals surface area contributed by atoms with Crippen molar-refractivity contribution < 1.29 is 19.2 Å². The molecule has 0 aliphatic carbocycles. The van der Waals surface area contributed by atoms with Crippen molar-refractivity contribution in [3.8, 4) is 0 Å². The van der Waals surface area contributed by atoms with E-state index < -0.39 is 16.9 Å². The van der Waals surface area contributed by atoms with Crippen LogP contribution in [0.4, 0.5) is 5.69 Å². The van der Waals surface area contributed by atoms with Gasteiger partial charge in [-0.3, -0.25) is 14.9 Å². The highest BCUT2D eigenvalue weighted by Gasteiger charge is 2.58. The predicted molar refractivity (Wildman–Crippen MR) is 93.0 cm³/mol. The van der Waals surface area contributed by atoms with E-state index in [-0.39, 0.29) is 35.4 Å². The molecule has 2 aliphatic heterocycles. The predicted octanol–water partition coefficient (Wildman–Crippen LogP) is 2.38. The zero-order valence-electron chi connectivity index (χ0n) is 14.1. The number of amides is 1. The zero-order chi connectivity index (χ0) is 18.1. The van der Waals surface area contributed by atoms with E-state index in [1.807, 2.05) is 13.8 Å². The Hall–Kier alpha value is -2.09. The van der Waals surface area contributed by atoms with Crippen molar-refractivity contribution in [2.24, 2.45) is 5.92 Å². The minimum absolute atomic E-state index is 0.00622. The van der Waals surface area contributed by atoms with Gasteiger partial charge in [-0.25, -0.2) is 4.79 Å². The van der Waals surface area contributed by atoms with Crippen LogP contribution in [0, 0.1) is 16.0 Å². The first-order valence-electron chi connectivity index (χ1n) is 8.27. The second kappa shape index (κ2) is 7.03. The number of nitro groups is 1. The number of non-ortho nitro benzene ring substituents is 1. The number of fused-ring (bicyclic) bond motifs is 1. The lowest BCUT2D eigenvalue weighted by molar-refractivity contribution is -0.384. The number of β-lactam (4-membered cyclic amide) rings is 1. The summed E-state index contributed by atoms with van der Waals surface area (Å²) in [6.45, 7) is 3.98. The van der Waals surface area contributed by atoms with Gasteiger partial charge in [0, 0.05) is 23.4 Å². The van der Waals surface area contributed by atoms with Crippen LogP contribution in [0.15, 0.2) is 24.3 Å². The van der Waals surface area contributed by atoms with Gasteiger partial charge < -0.3 is 9.64 Å². The number of esters is 1. The Kier molecular flexibility index (Phi) is 4.99. The Labute approximate surface area is 149 Å². The maximum absolute atomic E-state index is 12.6. The number of hydrogen-bond acceptors (Lipinski definition) is 6. The number of nitrogens with zero attached hydrogens (tertiary/aromatic N) is 2. The van der Waals surface area contributed by atoms with Gasteiger partial charge in [0.15, 0.2) is 0 Å². The molecule has 8 heteroatoms. The Bertz CT molecular complexity index is 693. The van der Waals surface area contributed by atoms with Gasteiger partial charge in [0.2, 0.25) is 5.91 Å². The first-order chi connectivity index (χ1) is 11.9. The molecule has 0 bridgehead atoms. The topological polar surface area (TPSA) is 89.8 Å². The molecule has 2 aliphatic rings. The minimum Gasteiger partial charge on any atom is -0.459 e. The van der Waals surface area contributed by atoms with E-state index in [2.05, 4.69) is 0 Å². The summed E-state index contributed by atoms with van der Waals surface area (Å²) < 4.78 is 5.41. The molecular formula is C17H20N2O5S. The molecule has 4 atom stereocenters. The molecule has 1 aromatic carbocycles. The van der Waals surface area contributed by atoms with Gasteiger partial charge in [-0.05, 0) is 29.9 Å². The number of carbonyl (C=O) groups excluding carboxylic acids is 2. The van der Waals surface area contributed by atoms with Gasteiger partial charge in [0.05, 0.1) is 10.8 Å². The third kappa shape index (κ3) is 3.22. The average Bonchev–Trinajstić information content (AvgIpc) is 2.95. The fraction of sp³-hybridized carbons (Fsp3) is 0.529. The molecule has 2 saturated heterocycles. The van der Waals surface area contributed by atoms with Gasteiger partial charge in [-0.15, -0.1) is 0 Å². The van der Waals surface area contributed by atoms with E-state index in [0.717, 1.165) is 12.2 Å². The average molecular weight is 364 g/mol. The molecule has 1 aromatic rings. The van der Waals surface area contributed by atoms with Crippen LogP contribution in [0.25, 0.3) is 0 Å². The van der Waals surface area contributed by atoms with Crippen molar-refractivity contribution in [3.05, 3.63) is 39.9 Å². The maximum atomic E-state index is 12.6. The lowest BCUT2D eigenvalue weighted by atomic mass is 9.90. The quantitative estimate of drug-likeness (QED) is 0.333. The molecule has 0 radical (unpaired) electrons. The summed E-state index contributed by atoms with van der Waals surface area (Å²) >= 11 is 1.68. The summed E-state index contributed by atoms with van der Waals surface area (Å²) in [4.78, 5) is 36.6. The summed E-state index contributed by atoms with van der Waals surface area (Å²) in [7, 11) is 0. The molecular weight excluding hydrogens is 344 g/mol. The largest absolute Gasteiger partial charge is 0.459 e. The fourth-order valence-corrected chi connectivity index (χ4v) is 4.71. The van der Waals surface area contributed by atoms with Crippen molar-refractivity contribution in [2.75, 3.05) is 5.75 Å². The zero-order valence-corrected chi connectivity index (χ0v) is 14.9. The van der Waals surface area contributed by atoms with Crippen LogP contribution < -0.4 is 0 Å². The summed E-state index contributed by atoms with van der Waals surface area (Å²) in [5.41, 5.74) is 0.671. The van der Waals surface area contributed by atoms with Gasteiger partial charge in [0.25, 0.3) is 5.69 Å². The Morgan fingerprint density at radius 3 is 2.68 bits per heavy atom. The molecule has 0 spiro atoms. The highest BCUT2D eigenvalue weighted by Crippen LogP contribution is 2.44. The van der Waals surface area contributed by atoms with Gasteiger partial charge in [0.1, 0.15) is 12.6 Å². The van der Waals surface area contributed by atoms with E-state index >= 15 is 0 Å². The summed E-state index contributed by atoms with van der Waals surface area (Å²) in [6.07, 6.45) is 0.822. The van der Waals surface area contributed by atoms with E-state index in [4.69, 9.17) is 4.74 Å². The number of nitro benzene ring substituents is 1. The highest BCUT2D eigenvalue weighted by atomic mass is 32.2.